The van der Waals surface area contributed by atoms with Crippen LogP contribution in [0.15, 0.2) is 47.2 Å². The molecule has 0 bridgehead atoms. The third kappa shape index (κ3) is 2.83. The summed E-state index contributed by atoms with van der Waals surface area (Å²) >= 11 is 0. The van der Waals surface area contributed by atoms with E-state index in [1.165, 1.54) is 0 Å². The topological polar surface area (TPSA) is 77.8 Å². The molecule has 5 nitrogen and oxygen atoms in total. The van der Waals surface area contributed by atoms with Crippen molar-refractivity contribution in [3.8, 4) is 22.8 Å². The Morgan fingerprint density at radius 1 is 1.09 bits per heavy atom. The van der Waals surface area contributed by atoms with Crippen molar-refractivity contribution in [3.05, 3.63) is 48.4 Å². The van der Waals surface area contributed by atoms with Gasteiger partial charge in [0.25, 0.3) is 0 Å². The van der Waals surface area contributed by atoms with Gasteiger partial charge in [-0.1, -0.05) is 19.4 Å². The Hall–Kier alpha value is -2.69. The summed E-state index contributed by atoms with van der Waals surface area (Å²) < 4.78 is 5.52. The van der Waals surface area contributed by atoms with E-state index in [0.29, 0.717) is 5.76 Å². The number of rotatable bonds is 5. The summed E-state index contributed by atoms with van der Waals surface area (Å²) in [7, 11) is 0. The molecule has 0 aliphatic heterocycles. The zero-order valence-electron chi connectivity index (χ0n) is 12.5. The average molecular weight is 294 g/mol. The van der Waals surface area contributed by atoms with Gasteiger partial charge in [0.15, 0.2) is 5.76 Å². The molecule has 3 rings (SSSR count). The fourth-order valence-electron chi connectivity index (χ4n) is 2.42. The van der Waals surface area contributed by atoms with Crippen LogP contribution in [-0.4, -0.2) is 15.0 Å². The summed E-state index contributed by atoms with van der Waals surface area (Å²) in [6.07, 6.45) is 6.38. The van der Waals surface area contributed by atoms with E-state index >= 15 is 0 Å². The first-order chi connectivity index (χ1) is 10.8. The number of anilines is 1. The minimum atomic E-state index is 0.229. The molecule has 0 spiro atoms. The van der Waals surface area contributed by atoms with E-state index in [1.807, 2.05) is 30.3 Å². The summed E-state index contributed by atoms with van der Waals surface area (Å²) in [5, 5.41) is 0. The number of nitrogens with zero attached hydrogens (tertiary/aromatic N) is 3. The van der Waals surface area contributed by atoms with Crippen molar-refractivity contribution in [1.82, 2.24) is 15.0 Å². The van der Waals surface area contributed by atoms with Gasteiger partial charge in [0.2, 0.25) is 5.95 Å². The van der Waals surface area contributed by atoms with Crippen molar-refractivity contribution in [1.29, 1.82) is 0 Å². The second-order valence-corrected chi connectivity index (χ2v) is 5.05. The van der Waals surface area contributed by atoms with Crippen molar-refractivity contribution < 1.29 is 4.42 Å². The maximum atomic E-state index is 5.91. The van der Waals surface area contributed by atoms with Crippen LogP contribution in [0.5, 0.6) is 0 Å². The van der Waals surface area contributed by atoms with Crippen LogP contribution in [0.2, 0.25) is 0 Å². The van der Waals surface area contributed by atoms with Gasteiger partial charge in [0, 0.05) is 11.8 Å². The van der Waals surface area contributed by atoms with Crippen molar-refractivity contribution in [2.24, 2.45) is 0 Å². The highest BCUT2D eigenvalue weighted by Gasteiger charge is 2.18. The Morgan fingerprint density at radius 2 is 1.95 bits per heavy atom. The number of pyridine rings is 1. The maximum absolute atomic E-state index is 5.91. The predicted molar refractivity (Wildman–Crippen MR) is 86.0 cm³/mol. The number of nitrogen functional groups attached to an aromatic ring is 1. The third-order valence-electron chi connectivity index (χ3n) is 3.47. The smallest absolute Gasteiger partial charge is 0.221 e. The van der Waals surface area contributed by atoms with Crippen LogP contribution >= 0.6 is 0 Å². The standard InChI is InChI=1S/C17H18N4O/c1-2-3-7-12-15(13-8-4-5-10-19-13)20-17(18)21-16(12)14-9-6-11-22-14/h4-6,8-11H,2-3,7H2,1H3,(H2,18,20,21). The van der Waals surface area contributed by atoms with Crippen LogP contribution in [0, 0.1) is 0 Å². The van der Waals surface area contributed by atoms with Crippen LogP contribution in [-0.2, 0) is 6.42 Å². The van der Waals surface area contributed by atoms with Crippen LogP contribution in [0.25, 0.3) is 22.8 Å². The van der Waals surface area contributed by atoms with Gasteiger partial charge < -0.3 is 10.2 Å². The summed E-state index contributed by atoms with van der Waals surface area (Å²) in [6, 6.07) is 9.49. The van der Waals surface area contributed by atoms with Crippen molar-refractivity contribution >= 4 is 5.95 Å². The van der Waals surface area contributed by atoms with E-state index in [2.05, 4.69) is 21.9 Å². The minimum Gasteiger partial charge on any atom is -0.463 e. The van der Waals surface area contributed by atoms with Gasteiger partial charge in [-0.25, -0.2) is 9.97 Å². The summed E-state index contributed by atoms with van der Waals surface area (Å²) in [4.78, 5) is 13.2. The molecule has 3 aromatic rings. The van der Waals surface area contributed by atoms with Gasteiger partial charge in [0.1, 0.15) is 5.69 Å². The number of hydrogen-bond acceptors (Lipinski definition) is 5. The molecule has 112 valence electrons. The van der Waals surface area contributed by atoms with Gasteiger partial charge >= 0.3 is 0 Å². The Balaban J connectivity index is 2.20. The molecule has 0 aromatic carbocycles. The zero-order valence-corrected chi connectivity index (χ0v) is 12.5. The van der Waals surface area contributed by atoms with E-state index in [4.69, 9.17) is 10.2 Å². The highest BCUT2D eigenvalue weighted by molar-refractivity contribution is 5.70. The van der Waals surface area contributed by atoms with Gasteiger partial charge in [-0.05, 0) is 37.1 Å². The van der Waals surface area contributed by atoms with Crippen LogP contribution in [0.1, 0.15) is 25.3 Å². The molecule has 2 N–H and O–H groups in total. The molecule has 5 heteroatoms. The Kier molecular flexibility index (Phi) is 4.14. The lowest BCUT2D eigenvalue weighted by atomic mass is 10.0. The summed E-state index contributed by atoms with van der Waals surface area (Å²) in [5.74, 6) is 0.935. The number of hydrogen-bond donors (Lipinski definition) is 1. The first-order valence-electron chi connectivity index (χ1n) is 7.41. The molecule has 3 aromatic heterocycles. The zero-order chi connectivity index (χ0) is 15.4. The number of nitrogens with two attached hydrogens (primary N) is 1. The first kappa shape index (κ1) is 14.3. The lowest BCUT2D eigenvalue weighted by Gasteiger charge is -2.12. The Bertz CT molecular complexity index is 739. The van der Waals surface area contributed by atoms with Crippen molar-refractivity contribution in [2.75, 3.05) is 5.73 Å². The van der Waals surface area contributed by atoms with Gasteiger partial charge in [-0.3, -0.25) is 4.98 Å². The molecule has 0 unspecified atom stereocenters. The molecular weight excluding hydrogens is 276 g/mol. The predicted octanol–water partition coefficient (Wildman–Crippen LogP) is 3.72. The fourth-order valence-corrected chi connectivity index (χ4v) is 2.42. The van der Waals surface area contributed by atoms with Crippen LogP contribution in [0.3, 0.4) is 0 Å². The number of furan rings is 1. The quantitative estimate of drug-likeness (QED) is 0.775. The normalized spacial score (nSPS) is 10.8. The highest BCUT2D eigenvalue weighted by Crippen LogP contribution is 2.31. The number of unbranched alkanes of at least 4 members (excludes halogenated alkanes) is 1. The van der Waals surface area contributed by atoms with Crippen LogP contribution in [0.4, 0.5) is 5.95 Å². The van der Waals surface area contributed by atoms with E-state index < -0.39 is 0 Å². The summed E-state index contributed by atoms with van der Waals surface area (Å²) in [6.45, 7) is 2.16. The molecular formula is C17H18N4O. The van der Waals surface area contributed by atoms with Crippen LogP contribution < -0.4 is 5.73 Å². The SMILES string of the molecule is CCCCc1c(-c2ccccn2)nc(N)nc1-c1ccco1. The van der Waals surface area contributed by atoms with E-state index in [1.54, 1.807) is 12.5 Å². The Labute approximate surface area is 129 Å². The van der Waals surface area contributed by atoms with Crippen molar-refractivity contribution in [3.63, 3.8) is 0 Å². The molecule has 3 heterocycles. The van der Waals surface area contributed by atoms with E-state index in [0.717, 1.165) is 41.9 Å². The molecule has 0 aliphatic carbocycles. The molecule has 0 amide bonds. The lowest BCUT2D eigenvalue weighted by molar-refractivity contribution is 0.578. The monoisotopic (exact) mass is 294 g/mol. The first-order valence-corrected chi connectivity index (χ1v) is 7.41. The largest absolute Gasteiger partial charge is 0.463 e. The second kappa shape index (κ2) is 6.39. The van der Waals surface area contributed by atoms with Crippen molar-refractivity contribution in [2.45, 2.75) is 26.2 Å². The molecule has 0 saturated carbocycles. The Morgan fingerprint density at radius 3 is 2.64 bits per heavy atom. The third-order valence-corrected chi connectivity index (χ3v) is 3.47. The molecule has 0 fully saturated rings. The number of aromatic nitrogens is 3. The van der Waals surface area contributed by atoms with E-state index in [-0.39, 0.29) is 5.95 Å². The molecule has 0 aliphatic rings. The molecule has 0 radical (unpaired) electrons. The molecule has 22 heavy (non-hydrogen) atoms. The highest BCUT2D eigenvalue weighted by atomic mass is 16.3. The molecule has 0 saturated heterocycles. The minimum absolute atomic E-state index is 0.229. The second-order valence-electron chi connectivity index (χ2n) is 5.05. The summed E-state index contributed by atoms with van der Waals surface area (Å²) in [5.41, 5.74) is 9.28. The lowest BCUT2D eigenvalue weighted by Crippen LogP contribution is -2.05. The fraction of sp³-hybridized carbons (Fsp3) is 0.235. The van der Waals surface area contributed by atoms with Gasteiger partial charge in [0.05, 0.1) is 17.7 Å². The van der Waals surface area contributed by atoms with E-state index in [9.17, 15) is 0 Å². The van der Waals surface area contributed by atoms with Gasteiger partial charge in [-0.2, -0.15) is 0 Å². The van der Waals surface area contributed by atoms with Gasteiger partial charge in [-0.15, -0.1) is 0 Å². The molecule has 0 atom stereocenters. The average Bonchev–Trinajstić information content (AvgIpc) is 3.08. The maximum Gasteiger partial charge on any atom is 0.221 e.